The van der Waals surface area contributed by atoms with E-state index in [2.05, 4.69) is 5.32 Å². The smallest absolute Gasteiger partial charge is 0.241 e. The number of anilines is 1. The zero-order valence-electron chi connectivity index (χ0n) is 9.80. The summed E-state index contributed by atoms with van der Waals surface area (Å²) in [5.41, 5.74) is 5.69. The van der Waals surface area contributed by atoms with Gasteiger partial charge in [0.1, 0.15) is 0 Å². The molecule has 0 saturated carbocycles. The van der Waals surface area contributed by atoms with Crippen molar-refractivity contribution in [1.29, 1.82) is 0 Å². The second-order valence-corrected chi connectivity index (χ2v) is 5.92. The number of benzene rings is 1. The van der Waals surface area contributed by atoms with Crippen LogP contribution in [0.4, 0.5) is 5.69 Å². The average molecular weight is 256 g/mol. The quantitative estimate of drug-likeness (QED) is 0.832. The molecule has 0 aliphatic heterocycles. The van der Waals surface area contributed by atoms with Crippen molar-refractivity contribution < 1.29 is 13.2 Å². The molecule has 1 amide bonds. The molecule has 94 valence electrons. The normalized spacial score (nSPS) is 13.1. The predicted molar refractivity (Wildman–Crippen MR) is 66.4 cm³/mol. The van der Waals surface area contributed by atoms with E-state index in [-0.39, 0.29) is 16.3 Å². The zero-order chi connectivity index (χ0) is 13.1. The highest BCUT2D eigenvalue weighted by Crippen LogP contribution is 2.21. The van der Waals surface area contributed by atoms with E-state index in [0.717, 1.165) is 0 Å². The first-order valence-electron chi connectivity index (χ1n) is 5.26. The zero-order valence-corrected chi connectivity index (χ0v) is 10.6. The summed E-state index contributed by atoms with van der Waals surface area (Å²) in [5, 5.41) is 2.51. The van der Waals surface area contributed by atoms with Crippen LogP contribution in [0.5, 0.6) is 0 Å². The van der Waals surface area contributed by atoms with Crippen molar-refractivity contribution in [3.05, 3.63) is 24.3 Å². The van der Waals surface area contributed by atoms with Gasteiger partial charge < -0.3 is 11.1 Å². The molecule has 0 aliphatic carbocycles. The number of hydrogen-bond donors (Lipinski definition) is 2. The number of carbonyl (C=O) groups excluding carboxylic acids is 1. The summed E-state index contributed by atoms with van der Waals surface area (Å²) in [6, 6.07) is 5.60. The Balaban J connectivity index is 3.14. The van der Waals surface area contributed by atoms with Gasteiger partial charge in [-0.05, 0) is 19.1 Å². The van der Waals surface area contributed by atoms with E-state index in [0.29, 0.717) is 0 Å². The fraction of sp³-hybridized carbons (Fsp3) is 0.364. The molecular formula is C11H16N2O3S. The van der Waals surface area contributed by atoms with E-state index in [1.165, 1.54) is 13.0 Å². The maximum atomic E-state index is 11.8. The molecule has 1 rings (SSSR count). The Morgan fingerprint density at radius 1 is 1.41 bits per heavy atom. The van der Waals surface area contributed by atoms with Crippen LogP contribution in [0, 0.1) is 0 Å². The van der Waals surface area contributed by atoms with Crippen LogP contribution in [-0.4, -0.2) is 26.1 Å². The van der Waals surface area contributed by atoms with Crippen LogP contribution in [0.1, 0.15) is 13.8 Å². The number of amides is 1. The lowest BCUT2D eigenvalue weighted by molar-refractivity contribution is -0.117. The molecule has 0 unspecified atom stereocenters. The summed E-state index contributed by atoms with van der Waals surface area (Å²) in [4.78, 5) is 11.6. The molecule has 0 saturated heterocycles. The van der Waals surface area contributed by atoms with E-state index in [1.54, 1.807) is 25.1 Å². The van der Waals surface area contributed by atoms with Gasteiger partial charge in [-0.25, -0.2) is 8.42 Å². The van der Waals surface area contributed by atoms with Crippen molar-refractivity contribution in [3.8, 4) is 0 Å². The number of nitrogens with one attached hydrogen (secondary N) is 1. The molecule has 1 atom stereocenters. The van der Waals surface area contributed by atoms with E-state index >= 15 is 0 Å². The fourth-order valence-corrected chi connectivity index (χ4v) is 2.29. The number of rotatable bonds is 4. The monoisotopic (exact) mass is 256 g/mol. The molecule has 0 radical (unpaired) electrons. The molecular weight excluding hydrogens is 240 g/mol. The standard InChI is InChI=1S/C11H16N2O3S/c1-3-17(15,16)10-7-5-4-6-9(10)13-11(14)8(2)12/h4-8H,3,12H2,1-2H3,(H,13,14)/t8-/m1/s1. The predicted octanol–water partition coefficient (Wildman–Crippen LogP) is 0.766. The van der Waals surface area contributed by atoms with Crippen LogP contribution in [0.25, 0.3) is 0 Å². The first kappa shape index (κ1) is 13.7. The third-order valence-electron chi connectivity index (χ3n) is 2.27. The molecule has 0 fully saturated rings. The summed E-state index contributed by atoms with van der Waals surface area (Å²) in [6.45, 7) is 3.09. The third-order valence-corrected chi connectivity index (χ3v) is 4.06. The summed E-state index contributed by atoms with van der Waals surface area (Å²) < 4.78 is 23.6. The van der Waals surface area contributed by atoms with E-state index in [1.807, 2.05) is 0 Å². The molecule has 0 heterocycles. The fourth-order valence-electron chi connectivity index (χ4n) is 1.24. The van der Waals surface area contributed by atoms with Crippen LogP contribution in [0.3, 0.4) is 0 Å². The number of sulfone groups is 1. The first-order chi connectivity index (χ1) is 7.88. The molecule has 0 aliphatic rings. The number of nitrogens with two attached hydrogens (primary N) is 1. The SMILES string of the molecule is CCS(=O)(=O)c1ccccc1NC(=O)[C@@H](C)N. The second kappa shape index (κ2) is 5.29. The minimum atomic E-state index is -3.36. The highest BCUT2D eigenvalue weighted by molar-refractivity contribution is 7.91. The summed E-state index contributed by atoms with van der Waals surface area (Å²) in [7, 11) is -3.36. The number of hydrogen-bond acceptors (Lipinski definition) is 4. The van der Waals surface area contributed by atoms with Crippen molar-refractivity contribution >= 4 is 21.4 Å². The minimum Gasteiger partial charge on any atom is -0.324 e. The Bertz CT molecular complexity index is 509. The molecule has 1 aromatic rings. The van der Waals surface area contributed by atoms with Crippen LogP contribution >= 0.6 is 0 Å². The van der Waals surface area contributed by atoms with Gasteiger partial charge in [0.2, 0.25) is 5.91 Å². The Morgan fingerprint density at radius 3 is 2.53 bits per heavy atom. The Kier molecular flexibility index (Phi) is 4.25. The van der Waals surface area contributed by atoms with Gasteiger partial charge in [-0.2, -0.15) is 0 Å². The van der Waals surface area contributed by atoms with Gasteiger partial charge in [0, 0.05) is 0 Å². The molecule has 0 spiro atoms. The van der Waals surface area contributed by atoms with E-state index < -0.39 is 21.8 Å². The lowest BCUT2D eigenvalue weighted by Crippen LogP contribution is -2.33. The lowest BCUT2D eigenvalue weighted by atomic mass is 10.3. The Labute approximate surface area is 101 Å². The maximum absolute atomic E-state index is 11.8. The maximum Gasteiger partial charge on any atom is 0.241 e. The molecule has 3 N–H and O–H groups in total. The topological polar surface area (TPSA) is 89.3 Å². The van der Waals surface area contributed by atoms with Gasteiger partial charge >= 0.3 is 0 Å². The first-order valence-corrected chi connectivity index (χ1v) is 6.92. The molecule has 5 nitrogen and oxygen atoms in total. The van der Waals surface area contributed by atoms with Crippen LogP contribution < -0.4 is 11.1 Å². The third kappa shape index (κ3) is 3.28. The van der Waals surface area contributed by atoms with Crippen molar-refractivity contribution in [3.63, 3.8) is 0 Å². The van der Waals surface area contributed by atoms with Gasteiger partial charge in [-0.15, -0.1) is 0 Å². The number of carbonyl (C=O) groups is 1. The van der Waals surface area contributed by atoms with E-state index in [9.17, 15) is 13.2 Å². The van der Waals surface area contributed by atoms with E-state index in [4.69, 9.17) is 5.73 Å². The van der Waals surface area contributed by atoms with Crippen LogP contribution in [0.15, 0.2) is 29.2 Å². The largest absolute Gasteiger partial charge is 0.324 e. The molecule has 17 heavy (non-hydrogen) atoms. The number of para-hydroxylation sites is 1. The van der Waals surface area contributed by atoms with Gasteiger partial charge in [0.05, 0.1) is 22.4 Å². The Morgan fingerprint density at radius 2 is 2.00 bits per heavy atom. The summed E-state index contributed by atoms with van der Waals surface area (Å²) in [6.07, 6.45) is 0. The molecule has 1 aromatic carbocycles. The second-order valence-electron chi connectivity index (χ2n) is 3.68. The minimum absolute atomic E-state index is 0.0158. The lowest BCUT2D eigenvalue weighted by Gasteiger charge is -2.12. The summed E-state index contributed by atoms with van der Waals surface area (Å²) >= 11 is 0. The highest BCUT2D eigenvalue weighted by atomic mass is 32.2. The van der Waals surface area contributed by atoms with Gasteiger partial charge in [0.15, 0.2) is 9.84 Å². The van der Waals surface area contributed by atoms with Crippen LogP contribution in [-0.2, 0) is 14.6 Å². The highest BCUT2D eigenvalue weighted by Gasteiger charge is 2.18. The van der Waals surface area contributed by atoms with Crippen molar-refractivity contribution in [1.82, 2.24) is 0 Å². The average Bonchev–Trinajstić information content (AvgIpc) is 2.29. The molecule has 0 aromatic heterocycles. The molecule has 0 bridgehead atoms. The van der Waals surface area contributed by atoms with Crippen molar-refractivity contribution in [2.24, 2.45) is 5.73 Å². The van der Waals surface area contributed by atoms with Gasteiger partial charge in [-0.3, -0.25) is 4.79 Å². The molecule has 6 heteroatoms. The Hall–Kier alpha value is -1.40. The van der Waals surface area contributed by atoms with Crippen molar-refractivity contribution in [2.45, 2.75) is 24.8 Å². The van der Waals surface area contributed by atoms with Gasteiger partial charge in [0.25, 0.3) is 0 Å². The van der Waals surface area contributed by atoms with Gasteiger partial charge in [-0.1, -0.05) is 19.1 Å². The van der Waals surface area contributed by atoms with Crippen LogP contribution in [0.2, 0.25) is 0 Å². The summed E-state index contributed by atoms with van der Waals surface area (Å²) in [5.74, 6) is -0.429. The van der Waals surface area contributed by atoms with Crippen molar-refractivity contribution in [2.75, 3.05) is 11.1 Å².